The third-order valence-corrected chi connectivity index (χ3v) is 2.45. The average molecular weight is 285 g/mol. The Balaban J connectivity index is 2.81. The molecule has 6 heteroatoms. The van der Waals surface area contributed by atoms with E-state index in [1.165, 1.54) is 0 Å². The molecule has 1 fully saturated rings. The Labute approximate surface area is 119 Å². The number of carbonyl (C=O) groups is 3. The summed E-state index contributed by atoms with van der Waals surface area (Å²) in [6.07, 6.45) is -0.687. The van der Waals surface area contributed by atoms with E-state index in [4.69, 9.17) is 9.47 Å². The quantitative estimate of drug-likeness (QED) is 0.688. The highest BCUT2D eigenvalue weighted by molar-refractivity contribution is 5.95. The van der Waals surface area contributed by atoms with Crippen LogP contribution in [0, 0.1) is 0 Å². The molecule has 20 heavy (non-hydrogen) atoms. The number of amides is 1. The van der Waals surface area contributed by atoms with Crippen molar-refractivity contribution in [1.82, 2.24) is 4.90 Å². The Kier molecular flexibility index (Phi) is 4.46. The minimum atomic E-state index is -0.892. The number of carbonyl (C=O) groups excluding carboxylic acids is 3. The largest absolute Gasteiger partial charge is 0.458 e. The van der Waals surface area contributed by atoms with Crippen molar-refractivity contribution in [3.05, 3.63) is 0 Å². The number of ether oxygens (including phenoxy) is 2. The maximum atomic E-state index is 12.1. The van der Waals surface area contributed by atoms with Crippen LogP contribution >= 0.6 is 0 Å². The van der Waals surface area contributed by atoms with Crippen molar-refractivity contribution in [3.8, 4) is 0 Å². The highest BCUT2D eigenvalue weighted by atomic mass is 16.6. The van der Waals surface area contributed by atoms with E-state index >= 15 is 0 Å². The number of nitrogens with zero attached hydrogens (tertiary/aromatic N) is 1. The summed E-state index contributed by atoms with van der Waals surface area (Å²) < 4.78 is 10.4. The second kappa shape index (κ2) is 5.42. The fourth-order valence-electron chi connectivity index (χ4n) is 1.78. The summed E-state index contributed by atoms with van der Waals surface area (Å²) in [6, 6.07) is -0.892. The predicted octanol–water partition coefficient (Wildman–Crippen LogP) is 1.91. The molecule has 0 radical (unpaired) electrons. The fourth-order valence-corrected chi connectivity index (χ4v) is 1.78. The monoisotopic (exact) mass is 285 g/mol. The topological polar surface area (TPSA) is 72.9 Å². The number of Topliss-reactive ketones (excluding diaryl/α,β-unsaturated/α-hetero) is 1. The van der Waals surface area contributed by atoms with E-state index in [0.29, 0.717) is 0 Å². The van der Waals surface area contributed by atoms with Crippen molar-refractivity contribution in [2.24, 2.45) is 0 Å². The van der Waals surface area contributed by atoms with Gasteiger partial charge in [-0.15, -0.1) is 0 Å². The maximum Gasteiger partial charge on any atom is 0.411 e. The van der Waals surface area contributed by atoms with Crippen LogP contribution < -0.4 is 0 Å². The number of rotatable bonds is 1. The van der Waals surface area contributed by atoms with Crippen molar-refractivity contribution in [3.63, 3.8) is 0 Å². The summed E-state index contributed by atoms with van der Waals surface area (Å²) in [4.78, 5) is 36.8. The zero-order chi connectivity index (χ0) is 15.7. The van der Waals surface area contributed by atoms with Gasteiger partial charge in [0.1, 0.15) is 17.2 Å². The van der Waals surface area contributed by atoms with Gasteiger partial charge in [-0.05, 0) is 41.5 Å². The molecule has 0 N–H and O–H groups in total. The zero-order valence-corrected chi connectivity index (χ0v) is 13.0. The number of hydrogen-bond donors (Lipinski definition) is 0. The van der Waals surface area contributed by atoms with Crippen LogP contribution in [0.1, 0.15) is 48.0 Å². The highest BCUT2D eigenvalue weighted by Crippen LogP contribution is 2.21. The van der Waals surface area contributed by atoms with E-state index in [-0.39, 0.29) is 18.7 Å². The van der Waals surface area contributed by atoms with E-state index in [2.05, 4.69) is 0 Å². The molecule has 0 aromatic heterocycles. The summed E-state index contributed by atoms with van der Waals surface area (Å²) >= 11 is 0. The third-order valence-electron chi connectivity index (χ3n) is 2.45. The molecule has 0 aromatic carbocycles. The molecule has 1 aliphatic rings. The standard InChI is InChI=1S/C14H23NO5/c1-13(2,3)19-11(17)10-7-9(16)8-15(10)12(18)20-14(4,5)6/h10H,7-8H2,1-6H3/t10-/m1/s1. The van der Waals surface area contributed by atoms with Crippen molar-refractivity contribution < 1.29 is 23.9 Å². The van der Waals surface area contributed by atoms with Gasteiger partial charge in [0.25, 0.3) is 0 Å². The zero-order valence-electron chi connectivity index (χ0n) is 13.0. The van der Waals surface area contributed by atoms with Crippen LogP contribution in [0.25, 0.3) is 0 Å². The average Bonchev–Trinajstić information content (AvgIpc) is 2.55. The Morgan fingerprint density at radius 3 is 2.00 bits per heavy atom. The molecule has 0 unspecified atom stereocenters. The second-order valence-corrected chi connectivity index (χ2v) is 6.90. The second-order valence-electron chi connectivity index (χ2n) is 6.90. The molecule has 1 heterocycles. The first-order valence-corrected chi connectivity index (χ1v) is 6.63. The van der Waals surface area contributed by atoms with Gasteiger partial charge in [-0.2, -0.15) is 0 Å². The summed E-state index contributed by atoms with van der Waals surface area (Å²) in [5, 5.41) is 0. The summed E-state index contributed by atoms with van der Waals surface area (Å²) in [7, 11) is 0. The number of hydrogen-bond acceptors (Lipinski definition) is 5. The summed E-state index contributed by atoms with van der Waals surface area (Å²) in [6.45, 7) is 10.3. The van der Waals surface area contributed by atoms with Crippen LogP contribution in [-0.2, 0) is 19.1 Å². The molecular weight excluding hydrogens is 262 g/mol. The van der Waals surface area contributed by atoms with Crippen LogP contribution in [0.2, 0.25) is 0 Å². The van der Waals surface area contributed by atoms with E-state index < -0.39 is 29.3 Å². The van der Waals surface area contributed by atoms with Gasteiger partial charge in [-0.3, -0.25) is 9.69 Å². The van der Waals surface area contributed by atoms with Gasteiger partial charge >= 0.3 is 12.1 Å². The minimum absolute atomic E-state index is 0.0197. The van der Waals surface area contributed by atoms with Crippen LogP contribution in [0.5, 0.6) is 0 Å². The molecule has 114 valence electrons. The minimum Gasteiger partial charge on any atom is -0.458 e. The lowest BCUT2D eigenvalue weighted by atomic mass is 10.1. The predicted molar refractivity (Wildman–Crippen MR) is 72.2 cm³/mol. The molecule has 1 amide bonds. The van der Waals surface area contributed by atoms with E-state index in [1.807, 2.05) is 0 Å². The SMILES string of the molecule is CC(C)(C)OC(=O)[C@H]1CC(=O)CN1C(=O)OC(C)(C)C. The maximum absolute atomic E-state index is 12.1. The molecule has 0 saturated carbocycles. The van der Waals surface area contributed by atoms with Crippen molar-refractivity contribution >= 4 is 17.8 Å². The Bertz CT molecular complexity index is 378. The van der Waals surface area contributed by atoms with Crippen molar-refractivity contribution in [1.29, 1.82) is 0 Å². The molecular formula is C14H23NO5. The first-order chi connectivity index (χ1) is 8.89. The Hall–Kier alpha value is -1.59. The third kappa shape index (κ3) is 4.83. The molecule has 0 aliphatic carbocycles. The number of likely N-dealkylation sites (tertiary alicyclic amines) is 1. The fraction of sp³-hybridized carbons (Fsp3) is 0.786. The first-order valence-electron chi connectivity index (χ1n) is 6.63. The Morgan fingerprint density at radius 2 is 1.55 bits per heavy atom. The van der Waals surface area contributed by atoms with Gasteiger partial charge in [-0.1, -0.05) is 0 Å². The van der Waals surface area contributed by atoms with E-state index in [9.17, 15) is 14.4 Å². The van der Waals surface area contributed by atoms with Crippen molar-refractivity contribution in [2.45, 2.75) is 65.2 Å². The first kappa shape index (κ1) is 16.5. The van der Waals surface area contributed by atoms with E-state index in [1.54, 1.807) is 41.5 Å². The van der Waals surface area contributed by atoms with E-state index in [0.717, 1.165) is 4.90 Å². The molecule has 0 bridgehead atoms. The molecule has 6 nitrogen and oxygen atoms in total. The lowest BCUT2D eigenvalue weighted by Gasteiger charge is -2.29. The molecule has 0 spiro atoms. The van der Waals surface area contributed by atoms with Crippen LogP contribution in [0.4, 0.5) is 4.79 Å². The van der Waals surface area contributed by atoms with Gasteiger partial charge < -0.3 is 9.47 Å². The molecule has 1 atom stereocenters. The lowest BCUT2D eigenvalue weighted by Crippen LogP contribution is -2.45. The summed E-state index contributed by atoms with van der Waals surface area (Å²) in [5.41, 5.74) is -1.34. The summed E-state index contributed by atoms with van der Waals surface area (Å²) in [5.74, 6) is -0.749. The number of esters is 1. The van der Waals surface area contributed by atoms with Crippen molar-refractivity contribution in [2.75, 3.05) is 6.54 Å². The number of ketones is 1. The van der Waals surface area contributed by atoms with Crippen LogP contribution in [0.3, 0.4) is 0 Å². The molecule has 0 aromatic rings. The van der Waals surface area contributed by atoms with Gasteiger partial charge in [0.2, 0.25) is 0 Å². The normalized spacial score (nSPS) is 20.0. The van der Waals surface area contributed by atoms with Gasteiger partial charge in [0, 0.05) is 6.42 Å². The van der Waals surface area contributed by atoms with Gasteiger partial charge in [0.05, 0.1) is 6.54 Å². The van der Waals surface area contributed by atoms with Gasteiger partial charge in [0.15, 0.2) is 5.78 Å². The molecule has 1 saturated heterocycles. The van der Waals surface area contributed by atoms with Crippen LogP contribution in [0.15, 0.2) is 0 Å². The highest BCUT2D eigenvalue weighted by Gasteiger charge is 2.42. The molecule has 1 aliphatic heterocycles. The van der Waals surface area contributed by atoms with Gasteiger partial charge in [-0.25, -0.2) is 9.59 Å². The Morgan fingerprint density at radius 1 is 1.05 bits per heavy atom. The lowest BCUT2D eigenvalue weighted by molar-refractivity contribution is -0.160. The smallest absolute Gasteiger partial charge is 0.411 e. The van der Waals surface area contributed by atoms with Crippen LogP contribution in [-0.4, -0.2) is 46.5 Å². The molecule has 1 rings (SSSR count).